The van der Waals surface area contributed by atoms with E-state index in [1.54, 1.807) is 0 Å². The zero-order chi connectivity index (χ0) is 12.3. The minimum atomic E-state index is 0.0807. The summed E-state index contributed by atoms with van der Waals surface area (Å²) in [5.41, 5.74) is 0. The Morgan fingerprint density at radius 3 is 2.65 bits per heavy atom. The van der Waals surface area contributed by atoms with Crippen molar-refractivity contribution in [1.82, 2.24) is 15.1 Å². The van der Waals surface area contributed by atoms with Crippen LogP contribution < -0.4 is 5.32 Å². The van der Waals surface area contributed by atoms with E-state index in [9.17, 15) is 4.79 Å². The molecule has 1 N–H and O–H groups in total. The summed E-state index contributed by atoms with van der Waals surface area (Å²) in [5.74, 6) is 1.06. The van der Waals surface area contributed by atoms with E-state index in [1.165, 1.54) is 12.8 Å². The first-order valence-corrected chi connectivity index (χ1v) is 6.91. The van der Waals surface area contributed by atoms with Crippen molar-refractivity contribution >= 4 is 5.91 Å². The summed E-state index contributed by atoms with van der Waals surface area (Å²) < 4.78 is 0. The van der Waals surface area contributed by atoms with E-state index in [1.807, 2.05) is 4.90 Å². The topological polar surface area (TPSA) is 35.6 Å². The molecule has 2 atom stereocenters. The lowest BCUT2D eigenvalue weighted by atomic mass is 9.90. The van der Waals surface area contributed by atoms with Gasteiger partial charge in [0.2, 0.25) is 5.91 Å². The van der Waals surface area contributed by atoms with Crippen LogP contribution in [0.25, 0.3) is 0 Å². The average molecular weight is 239 g/mol. The van der Waals surface area contributed by atoms with Gasteiger partial charge in [0.15, 0.2) is 0 Å². The van der Waals surface area contributed by atoms with E-state index in [4.69, 9.17) is 0 Å². The number of nitrogens with one attached hydrogen (secondary N) is 1. The lowest BCUT2D eigenvalue weighted by Crippen LogP contribution is -2.55. The second kappa shape index (κ2) is 5.83. The van der Waals surface area contributed by atoms with Gasteiger partial charge in [-0.05, 0) is 32.4 Å². The molecule has 0 aromatic rings. The Balaban J connectivity index is 1.86. The van der Waals surface area contributed by atoms with Crippen molar-refractivity contribution in [3.8, 4) is 0 Å². The molecule has 17 heavy (non-hydrogen) atoms. The van der Waals surface area contributed by atoms with Gasteiger partial charge in [-0.15, -0.1) is 0 Å². The smallest absolute Gasteiger partial charge is 0.239 e. The Morgan fingerprint density at radius 1 is 1.29 bits per heavy atom. The molecule has 0 radical (unpaired) electrons. The summed E-state index contributed by atoms with van der Waals surface area (Å²) in [5, 5.41) is 3.39. The predicted molar refractivity (Wildman–Crippen MR) is 68.9 cm³/mol. The number of hydrogen-bond acceptors (Lipinski definition) is 3. The van der Waals surface area contributed by atoms with E-state index in [0.29, 0.717) is 5.91 Å². The first-order valence-electron chi connectivity index (χ1n) is 6.91. The molecular formula is C13H25N3O. The van der Waals surface area contributed by atoms with Gasteiger partial charge < -0.3 is 15.1 Å². The SMILES string of the molecule is CCC1CCNC(C(=O)N2CCN(C)CC2)C1. The van der Waals surface area contributed by atoms with E-state index in [0.717, 1.165) is 45.1 Å². The van der Waals surface area contributed by atoms with Crippen molar-refractivity contribution in [3.05, 3.63) is 0 Å². The fourth-order valence-corrected chi connectivity index (χ4v) is 2.80. The van der Waals surface area contributed by atoms with Crippen molar-refractivity contribution in [1.29, 1.82) is 0 Å². The Kier molecular flexibility index (Phi) is 4.40. The molecule has 2 aliphatic heterocycles. The van der Waals surface area contributed by atoms with Crippen LogP contribution in [-0.2, 0) is 4.79 Å². The number of carbonyl (C=O) groups is 1. The number of rotatable bonds is 2. The van der Waals surface area contributed by atoms with Crippen LogP contribution in [0.5, 0.6) is 0 Å². The van der Waals surface area contributed by atoms with Gasteiger partial charge in [0.05, 0.1) is 6.04 Å². The van der Waals surface area contributed by atoms with Crippen LogP contribution in [0.4, 0.5) is 0 Å². The molecule has 2 rings (SSSR count). The highest BCUT2D eigenvalue weighted by atomic mass is 16.2. The van der Waals surface area contributed by atoms with Gasteiger partial charge in [-0.2, -0.15) is 0 Å². The summed E-state index contributed by atoms with van der Waals surface area (Å²) in [6, 6.07) is 0.0807. The minimum absolute atomic E-state index is 0.0807. The summed E-state index contributed by atoms with van der Waals surface area (Å²) in [6.45, 7) is 7.04. The number of hydrogen-bond donors (Lipinski definition) is 1. The van der Waals surface area contributed by atoms with Crippen LogP contribution >= 0.6 is 0 Å². The van der Waals surface area contributed by atoms with E-state index >= 15 is 0 Å². The molecule has 0 bridgehead atoms. The van der Waals surface area contributed by atoms with Crippen LogP contribution in [0.1, 0.15) is 26.2 Å². The lowest BCUT2D eigenvalue weighted by molar-refractivity contribution is -0.136. The van der Waals surface area contributed by atoms with Gasteiger partial charge in [0.1, 0.15) is 0 Å². The largest absolute Gasteiger partial charge is 0.339 e. The first-order chi connectivity index (χ1) is 8.20. The zero-order valence-corrected chi connectivity index (χ0v) is 11.1. The summed E-state index contributed by atoms with van der Waals surface area (Å²) in [4.78, 5) is 16.7. The highest BCUT2D eigenvalue weighted by molar-refractivity contribution is 5.82. The first kappa shape index (κ1) is 12.8. The third-order valence-electron chi connectivity index (χ3n) is 4.20. The van der Waals surface area contributed by atoms with E-state index < -0.39 is 0 Å². The fraction of sp³-hybridized carbons (Fsp3) is 0.923. The molecule has 0 spiro atoms. The molecule has 2 saturated heterocycles. The number of carbonyl (C=O) groups excluding carboxylic acids is 1. The molecule has 2 heterocycles. The molecule has 4 heteroatoms. The molecule has 1 amide bonds. The van der Waals surface area contributed by atoms with Crippen LogP contribution in [-0.4, -0.2) is 61.5 Å². The monoisotopic (exact) mass is 239 g/mol. The number of piperidine rings is 1. The quantitative estimate of drug-likeness (QED) is 0.764. The Hall–Kier alpha value is -0.610. The highest BCUT2D eigenvalue weighted by Crippen LogP contribution is 2.20. The Morgan fingerprint density at radius 2 is 2.00 bits per heavy atom. The maximum atomic E-state index is 12.4. The molecule has 98 valence electrons. The second-order valence-electron chi connectivity index (χ2n) is 5.43. The number of nitrogens with zero attached hydrogens (tertiary/aromatic N) is 2. The standard InChI is InChI=1S/C13H25N3O/c1-3-11-4-5-14-12(10-11)13(17)16-8-6-15(2)7-9-16/h11-12,14H,3-10H2,1-2H3. The van der Waals surface area contributed by atoms with Gasteiger partial charge in [0.25, 0.3) is 0 Å². The summed E-state index contributed by atoms with van der Waals surface area (Å²) in [6.07, 6.45) is 3.46. The minimum Gasteiger partial charge on any atom is -0.339 e. The van der Waals surface area contributed by atoms with Gasteiger partial charge in [0, 0.05) is 26.2 Å². The molecule has 2 fully saturated rings. The van der Waals surface area contributed by atoms with Gasteiger partial charge in [-0.25, -0.2) is 0 Å². The lowest BCUT2D eigenvalue weighted by Gasteiger charge is -2.37. The summed E-state index contributed by atoms with van der Waals surface area (Å²) >= 11 is 0. The third kappa shape index (κ3) is 3.19. The molecule has 2 unspecified atom stereocenters. The number of likely N-dealkylation sites (N-methyl/N-ethyl adjacent to an activating group) is 1. The van der Waals surface area contributed by atoms with E-state index in [-0.39, 0.29) is 6.04 Å². The maximum absolute atomic E-state index is 12.4. The van der Waals surface area contributed by atoms with Gasteiger partial charge in [-0.1, -0.05) is 13.3 Å². The highest BCUT2D eigenvalue weighted by Gasteiger charge is 2.30. The zero-order valence-electron chi connectivity index (χ0n) is 11.1. The van der Waals surface area contributed by atoms with Crippen LogP contribution in [0.15, 0.2) is 0 Å². The number of piperazine rings is 1. The normalized spacial score (nSPS) is 31.5. The van der Waals surface area contributed by atoms with E-state index in [2.05, 4.69) is 24.2 Å². The Labute approximate surface area is 104 Å². The van der Waals surface area contributed by atoms with Crippen molar-refractivity contribution < 1.29 is 4.79 Å². The molecule has 0 aromatic carbocycles. The Bertz CT molecular complexity index is 261. The van der Waals surface area contributed by atoms with Crippen LogP contribution in [0.2, 0.25) is 0 Å². The molecule has 0 saturated carbocycles. The second-order valence-corrected chi connectivity index (χ2v) is 5.43. The van der Waals surface area contributed by atoms with Crippen LogP contribution in [0, 0.1) is 5.92 Å². The molecule has 0 aliphatic carbocycles. The van der Waals surface area contributed by atoms with Crippen molar-refractivity contribution in [2.75, 3.05) is 39.8 Å². The third-order valence-corrected chi connectivity index (χ3v) is 4.20. The van der Waals surface area contributed by atoms with Crippen molar-refractivity contribution in [3.63, 3.8) is 0 Å². The average Bonchev–Trinajstić information content (AvgIpc) is 2.39. The van der Waals surface area contributed by atoms with Gasteiger partial charge in [-0.3, -0.25) is 4.79 Å². The maximum Gasteiger partial charge on any atom is 0.239 e. The van der Waals surface area contributed by atoms with Gasteiger partial charge >= 0.3 is 0 Å². The van der Waals surface area contributed by atoms with Crippen LogP contribution in [0.3, 0.4) is 0 Å². The van der Waals surface area contributed by atoms with Crippen molar-refractivity contribution in [2.45, 2.75) is 32.2 Å². The molecule has 4 nitrogen and oxygen atoms in total. The molecule has 2 aliphatic rings. The van der Waals surface area contributed by atoms with Crippen molar-refractivity contribution in [2.24, 2.45) is 5.92 Å². The molecular weight excluding hydrogens is 214 g/mol. The predicted octanol–water partition coefficient (Wildman–Crippen LogP) is 0.539. The molecule has 0 aromatic heterocycles. The summed E-state index contributed by atoms with van der Waals surface area (Å²) in [7, 11) is 2.12. The number of amides is 1. The fourth-order valence-electron chi connectivity index (χ4n) is 2.80.